The molecule has 0 atom stereocenters. The van der Waals surface area contributed by atoms with E-state index in [9.17, 15) is 4.79 Å². The number of ether oxygens (including phenoxy) is 2. The number of benzene rings is 2. The van der Waals surface area contributed by atoms with E-state index in [4.69, 9.17) is 9.47 Å². The van der Waals surface area contributed by atoms with Gasteiger partial charge in [-0.1, -0.05) is 19.3 Å². The van der Waals surface area contributed by atoms with E-state index in [-0.39, 0.29) is 6.03 Å². The summed E-state index contributed by atoms with van der Waals surface area (Å²) in [7, 11) is 0. The predicted octanol–water partition coefficient (Wildman–Crippen LogP) is 5.69. The smallest absolute Gasteiger partial charge is 0.323 e. The molecule has 2 amide bonds. The SMILES string of the molecule is Cc1nc(Nc2ccc(NC(=O)Nc3ccc4c(c3)OCCO4)cc2)cc(NC2CCCCC2)n1. The molecule has 0 unspecified atom stereocenters. The topological polar surface area (TPSA) is 109 Å². The fourth-order valence-electron chi connectivity index (χ4n) is 4.36. The molecule has 1 aromatic heterocycles. The van der Waals surface area contributed by atoms with E-state index in [0.29, 0.717) is 48.0 Å². The molecular weight excluding hydrogens is 444 g/mol. The maximum absolute atomic E-state index is 12.4. The third-order valence-corrected chi connectivity index (χ3v) is 6.01. The number of nitrogens with one attached hydrogen (secondary N) is 4. The summed E-state index contributed by atoms with van der Waals surface area (Å²) in [6.45, 7) is 2.92. The van der Waals surface area contributed by atoms with Gasteiger partial charge in [-0.05, 0) is 56.2 Å². The van der Waals surface area contributed by atoms with Gasteiger partial charge in [0.25, 0.3) is 0 Å². The molecule has 4 N–H and O–H groups in total. The normalized spacial score (nSPS) is 15.2. The summed E-state index contributed by atoms with van der Waals surface area (Å²) in [5.41, 5.74) is 2.16. The first-order valence-corrected chi connectivity index (χ1v) is 12.1. The van der Waals surface area contributed by atoms with Crippen LogP contribution in [0.2, 0.25) is 0 Å². The van der Waals surface area contributed by atoms with Crippen molar-refractivity contribution < 1.29 is 14.3 Å². The quantitative estimate of drug-likeness (QED) is 0.363. The molecule has 0 saturated heterocycles. The second-order valence-corrected chi connectivity index (χ2v) is 8.80. The number of rotatable bonds is 6. The average Bonchev–Trinajstić information content (AvgIpc) is 2.85. The number of hydrogen-bond donors (Lipinski definition) is 4. The van der Waals surface area contributed by atoms with Gasteiger partial charge in [-0.2, -0.15) is 0 Å². The van der Waals surface area contributed by atoms with Crippen LogP contribution in [-0.2, 0) is 0 Å². The zero-order valence-electron chi connectivity index (χ0n) is 19.8. The molecular formula is C26H30N6O3. The van der Waals surface area contributed by atoms with Crippen molar-refractivity contribution in [3.63, 3.8) is 0 Å². The Morgan fingerprint density at radius 2 is 1.46 bits per heavy atom. The molecule has 9 nitrogen and oxygen atoms in total. The maximum Gasteiger partial charge on any atom is 0.323 e. The number of aromatic nitrogens is 2. The van der Waals surface area contributed by atoms with Gasteiger partial charge < -0.3 is 30.7 Å². The lowest BCUT2D eigenvalue weighted by Gasteiger charge is -2.23. The molecule has 3 aromatic rings. The number of carbonyl (C=O) groups is 1. The van der Waals surface area contributed by atoms with Gasteiger partial charge in [0.05, 0.1) is 0 Å². The summed E-state index contributed by atoms with van der Waals surface area (Å²) in [5, 5.41) is 12.5. The van der Waals surface area contributed by atoms with Crippen molar-refractivity contribution in [1.82, 2.24) is 9.97 Å². The Bertz CT molecular complexity index is 1180. The van der Waals surface area contributed by atoms with Crippen LogP contribution in [-0.4, -0.2) is 35.3 Å². The van der Waals surface area contributed by atoms with Crippen LogP contribution in [0.15, 0.2) is 48.5 Å². The second kappa shape index (κ2) is 10.5. The van der Waals surface area contributed by atoms with Gasteiger partial charge in [-0.15, -0.1) is 0 Å². The summed E-state index contributed by atoms with van der Waals surface area (Å²) < 4.78 is 11.1. The number of nitrogens with zero attached hydrogens (tertiary/aromatic N) is 2. The lowest BCUT2D eigenvalue weighted by Crippen LogP contribution is -2.23. The molecule has 1 aliphatic carbocycles. The molecule has 2 aliphatic rings. The minimum atomic E-state index is -0.341. The van der Waals surface area contributed by atoms with E-state index in [1.54, 1.807) is 18.2 Å². The van der Waals surface area contributed by atoms with Crippen molar-refractivity contribution in [3.8, 4) is 11.5 Å². The maximum atomic E-state index is 12.4. The molecule has 0 radical (unpaired) electrons. The second-order valence-electron chi connectivity index (χ2n) is 8.80. The number of amides is 2. The van der Waals surface area contributed by atoms with Crippen molar-refractivity contribution in [1.29, 1.82) is 0 Å². The van der Waals surface area contributed by atoms with E-state index in [1.807, 2.05) is 37.3 Å². The van der Waals surface area contributed by atoms with Gasteiger partial charge in [0.2, 0.25) is 0 Å². The van der Waals surface area contributed by atoms with Crippen molar-refractivity contribution >= 4 is 34.7 Å². The Labute approximate surface area is 204 Å². The van der Waals surface area contributed by atoms with Crippen LogP contribution < -0.4 is 30.7 Å². The van der Waals surface area contributed by atoms with E-state index in [2.05, 4.69) is 31.2 Å². The first-order valence-electron chi connectivity index (χ1n) is 12.1. The third kappa shape index (κ3) is 6.11. The Morgan fingerprint density at radius 1 is 0.800 bits per heavy atom. The van der Waals surface area contributed by atoms with Crippen molar-refractivity contribution in [2.75, 3.05) is 34.5 Å². The summed E-state index contributed by atoms with van der Waals surface area (Å²) in [4.78, 5) is 21.5. The molecule has 1 fully saturated rings. The molecule has 2 aromatic carbocycles. The van der Waals surface area contributed by atoms with Crippen LogP contribution in [0.5, 0.6) is 11.5 Å². The predicted molar refractivity (Wildman–Crippen MR) is 137 cm³/mol. The lowest BCUT2D eigenvalue weighted by atomic mass is 9.95. The Morgan fingerprint density at radius 3 is 2.26 bits per heavy atom. The van der Waals surface area contributed by atoms with E-state index in [0.717, 1.165) is 17.3 Å². The molecule has 1 aliphatic heterocycles. The van der Waals surface area contributed by atoms with Crippen LogP contribution in [0.3, 0.4) is 0 Å². The minimum Gasteiger partial charge on any atom is -0.486 e. The van der Waals surface area contributed by atoms with Crippen LogP contribution in [0, 0.1) is 6.92 Å². The minimum absolute atomic E-state index is 0.341. The number of aryl methyl sites for hydroxylation is 1. The largest absolute Gasteiger partial charge is 0.486 e. The highest BCUT2D eigenvalue weighted by atomic mass is 16.6. The standard InChI is InChI=1S/C26H30N6O3/c1-17-27-24(29-18-5-3-2-4-6-18)16-25(28-17)30-19-7-9-20(10-8-19)31-26(33)32-21-11-12-22-23(15-21)35-14-13-34-22/h7-12,15-16,18H,2-6,13-14H2,1H3,(H2,31,32,33)(H2,27,28,29,30). The highest BCUT2D eigenvalue weighted by Gasteiger charge is 2.15. The van der Waals surface area contributed by atoms with Gasteiger partial charge in [0, 0.05) is 35.2 Å². The zero-order chi connectivity index (χ0) is 24.0. The van der Waals surface area contributed by atoms with E-state index in [1.165, 1.54) is 32.1 Å². The number of anilines is 5. The molecule has 2 heterocycles. The summed E-state index contributed by atoms with van der Waals surface area (Å²) in [6, 6.07) is 14.9. The highest BCUT2D eigenvalue weighted by molar-refractivity contribution is 6.00. The lowest BCUT2D eigenvalue weighted by molar-refractivity contribution is 0.171. The van der Waals surface area contributed by atoms with E-state index < -0.39 is 0 Å². The first-order chi connectivity index (χ1) is 17.1. The molecule has 182 valence electrons. The molecule has 0 bridgehead atoms. The first kappa shape index (κ1) is 22.8. The molecule has 0 spiro atoms. The van der Waals surface area contributed by atoms with E-state index >= 15 is 0 Å². The van der Waals surface area contributed by atoms with Crippen LogP contribution >= 0.6 is 0 Å². The fourth-order valence-corrected chi connectivity index (χ4v) is 4.36. The summed E-state index contributed by atoms with van der Waals surface area (Å²) in [6.07, 6.45) is 6.22. The van der Waals surface area contributed by atoms with Crippen LogP contribution in [0.25, 0.3) is 0 Å². The van der Waals surface area contributed by atoms with Gasteiger partial charge >= 0.3 is 6.03 Å². The van der Waals surface area contributed by atoms with Gasteiger partial charge in [0.1, 0.15) is 30.7 Å². The molecule has 9 heteroatoms. The molecule has 35 heavy (non-hydrogen) atoms. The Kier molecular flexibility index (Phi) is 6.83. The fraction of sp³-hybridized carbons (Fsp3) is 0.346. The number of urea groups is 1. The van der Waals surface area contributed by atoms with Gasteiger partial charge in [0.15, 0.2) is 11.5 Å². The van der Waals surface area contributed by atoms with Crippen molar-refractivity contribution in [3.05, 3.63) is 54.4 Å². The monoisotopic (exact) mass is 474 g/mol. The number of carbonyl (C=O) groups excluding carboxylic acids is 1. The number of hydrogen-bond acceptors (Lipinski definition) is 7. The van der Waals surface area contributed by atoms with Gasteiger partial charge in [-0.25, -0.2) is 14.8 Å². The highest BCUT2D eigenvalue weighted by Crippen LogP contribution is 2.32. The van der Waals surface area contributed by atoms with Crippen molar-refractivity contribution in [2.45, 2.75) is 45.1 Å². The summed E-state index contributed by atoms with van der Waals surface area (Å²) >= 11 is 0. The Hall–Kier alpha value is -4.01. The molecule has 5 rings (SSSR count). The zero-order valence-corrected chi connectivity index (χ0v) is 19.8. The van der Waals surface area contributed by atoms with Crippen molar-refractivity contribution in [2.24, 2.45) is 0 Å². The van der Waals surface area contributed by atoms with Crippen LogP contribution in [0.4, 0.5) is 33.5 Å². The van der Waals surface area contributed by atoms with Crippen LogP contribution in [0.1, 0.15) is 37.9 Å². The number of fused-ring (bicyclic) bond motifs is 1. The van der Waals surface area contributed by atoms with Gasteiger partial charge in [-0.3, -0.25) is 0 Å². The average molecular weight is 475 g/mol. The third-order valence-electron chi connectivity index (χ3n) is 6.01. The molecule has 1 saturated carbocycles. The summed E-state index contributed by atoms with van der Waals surface area (Å²) in [5.74, 6) is 3.60. The Balaban J connectivity index is 1.17.